The Bertz CT molecular complexity index is 681. The lowest BCUT2D eigenvalue weighted by Gasteiger charge is -2.25. The molecule has 24 heavy (non-hydrogen) atoms. The van der Waals surface area contributed by atoms with E-state index in [0.717, 1.165) is 5.56 Å². The van der Waals surface area contributed by atoms with Crippen LogP contribution in [0.4, 0.5) is 4.79 Å². The molecule has 128 valence electrons. The average molecular weight is 352 g/mol. The molecule has 3 atom stereocenters. The first kappa shape index (κ1) is 16.6. The smallest absolute Gasteiger partial charge is 0.407 e. The highest BCUT2D eigenvalue weighted by Gasteiger charge is 2.42. The van der Waals surface area contributed by atoms with Crippen LogP contribution in [0.15, 0.2) is 24.3 Å². The van der Waals surface area contributed by atoms with Gasteiger partial charge in [0.2, 0.25) is 11.8 Å². The Morgan fingerprint density at radius 3 is 2.92 bits per heavy atom. The Balaban J connectivity index is 1.71. The predicted octanol–water partition coefficient (Wildman–Crippen LogP) is 1.08. The zero-order valence-electron chi connectivity index (χ0n) is 13.1. The molecule has 2 aliphatic rings. The summed E-state index contributed by atoms with van der Waals surface area (Å²) in [7, 11) is 1.69. The minimum Gasteiger partial charge on any atom is -0.447 e. The van der Waals surface area contributed by atoms with Crippen LogP contribution < -0.4 is 10.6 Å². The summed E-state index contributed by atoms with van der Waals surface area (Å²) in [5, 5.41) is 5.95. The van der Waals surface area contributed by atoms with Crippen molar-refractivity contribution in [2.45, 2.75) is 18.5 Å². The maximum atomic E-state index is 12.6. The molecule has 7 nitrogen and oxygen atoms in total. The van der Waals surface area contributed by atoms with E-state index in [4.69, 9.17) is 16.3 Å². The first-order valence-corrected chi connectivity index (χ1v) is 8.05. The molecule has 2 fully saturated rings. The molecule has 3 rings (SSSR count). The van der Waals surface area contributed by atoms with Crippen molar-refractivity contribution in [2.24, 2.45) is 5.92 Å². The second kappa shape index (κ2) is 6.68. The summed E-state index contributed by atoms with van der Waals surface area (Å²) in [6, 6.07) is 6.57. The van der Waals surface area contributed by atoms with Gasteiger partial charge in [-0.15, -0.1) is 0 Å². The molecule has 0 spiro atoms. The first-order valence-electron chi connectivity index (χ1n) is 7.68. The molecule has 8 heteroatoms. The number of rotatable bonds is 4. The summed E-state index contributed by atoms with van der Waals surface area (Å²) < 4.78 is 4.78. The zero-order chi connectivity index (χ0) is 17.3. The van der Waals surface area contributed by atoms with Crippen molar-refractivity contribution in [3.63, 3.8) is 0 Å². The summed E-state index contributed by atoms with van der Waals surface area (Å²) >= 11 is 6.04. The number of likely N-dealkylation sites (tertiary alicyclic amines) is 1. The Labute approximate surface area is 144 Å². The maximum absolute atomic E-state index is 12.6. The van der Waals surface area contributed by atoms with Crippen LogP contribution >= 0.6 is 11.6 Å². The standard InChI is InChI=1S/C16H18ClN3O4/c1-20-13(21)6-12(14(20)9-3-2-4-10(17)5-9)15(22)18-7-11-8-24-16(23)19-11/h2-5,11-12,14H,6-8H2,1H3,(H,18,22)(H,19,23)/t11-,12+,14-/m1/s1. The number of amides is 3. The van der Waals surface area contributed by atoms with Gasteiger partial charge in [-0.25, -0.2) is 4.79 Å². The molecular formula is C16H18ClN3O4. The van der Waals surface area contributed by atoms with E-state index >= 15 is 0 Å². The van der Waals surface area contributed by atoms with Crippen LogP contribution in [-0.2, 0) is 14.3 Å². The molecule has 0 aliphatic carbocycles. The van der Waals surface area contributed by atoms with Crippen LogP contribution in [0.25, 0.3) is 0 Å². The Morgan fingerprint density at radius 1 is 1.46 bits per heavy atom. The van der Waals surface area contributed by atoms with Gasteiger partial charge < -0.3 is 20.3 Å². The van der Waals surface area contributed by atoms with Gasteiger partial charge in [0.25, 0.3) is 0 Å². The highest BCUT2D eigenvalue weighted by atomic mass is 35.5. The lowest BCUT2D eigenvalue weighted by atomic mass is 9.93. The second-order valence-corrected chi connectivity index (χ2v) is 6.44. The molecule has 2 saturated heterocycles. The van der Waals surface area contributed by atoms with Crippen molar-refractivity contribution in [1.82, 2.24) is 15.5 Å². The normalized spacial score (nSPS) is 26.2. The summed E-state index contributed by atoms with van der Waals surface area (Å²) in [6.07, 6.45) is -0.339. The Morgan fingerprint density at radius 2 is 2.25 bits per heavy atom. The van der Waals surface area contributed by atoms with E-state index in [1.54, 1.807) is 30.1 Å². The van der Waals surface area contributed by atoms with Crippen LogP contribution in [0.1, 0.15) is 18.0 Å². The molecule has 0 aromatic heterocycles. The minimum absolute atomic E-state index is 0.0855. The zero-order valence-corrected chi connectivity index (χ0v) is 13.9. The molecule has 3 amide bonds. The van der Waals surface area contributed by atoms with Gasteiger partial charge in [0, 0.05) is 25.0 Å². The van der Waals surface area contributed by atoms with Gasteiger partial charge in [-0.1, -0.05) is 23.7 Å². The number of ether oxygens (including phenoxy) is 1. The Hall–Kier alpha value is -2.28. The van der Waals surface area contributed by atoms with E-state index in [1.165, 1.54) is 0 Å². The van der Waals surface area contributed by atoms with Crippen molar-refractivity contribution in [3.05, 3.63) is 34.9 Å². The largest absolute Gasteiger partial charge is 0.447 e. The molecule has 0 radical (unpaired) electrons. The number of hydrogen-bond donors (Lipinski definition) is 2. The molecular weight excluding hydrogens is 334 g/mol. The van der Waals surface area contributed by atoms with Gasteiger partial charge in [0.05, 0.1) is 18.0 Å². The van der Waals surface area contributed by atoms with E-state index < -0.39 is 12.0 Å². The minimum atomic E-state index is -0.501. The fourth-order valence-corrected chi connectivity index (χ4v) is 3.34. The monoisotopic (exact) mass is 351 g/mol. The third-order valence-corrected chi connectivity index (χ3v) is 4.61. The molecule has 1 aromatic carbocycles. The summed E-state index contributed by atoms with van der Waals surface area (Å²) in [5.41, 5.74) is 0.827. The number of nitrogens with one attached hydrogen (secondary N) is 2. The number of carbonyl (C=O) groups excluding carboxylic acids is 3. The topological polar surface area (TPSA) is 87.7 Å². The lowest BCUT2D eigenvalue weighted by molar-refractivity contribution is -0.128. The summed E-state index contributed by atoms with van der Waals surface area (Å²) in [4.78, 5) is 37.2. The van der Waals surface area contributed by atoms with Crippen molar-refractivity contribution in [3.8, 4) is 0 Å². The predicted molar refractivity (Wildman–Crippen MR) is 86.4 cm³/mol. The summed E-state index contributed by atoms with van der Waals surface area (Å²) in [5.74, 6) is -0.810. The van der Waals surface area contributed by atoms with E-state index in [1.807, 2.05) is 6.07 Å². The van der Waals surface area contributed by atoms with Crippen LogP contribution in [0, 0.1) is 5.92 Å². The number of cyclic esters (lactones) is 1. The second-order valence-electron chi connectivity index (χ2n) is 6.00. The molecule has 0 unspecified atom stereocenters. The van der Waals surface area contributed by atoms with Gasteiger partial charge in [0.15, 0.2) is 0 Å². The fraction of sp³-hybridized carbons (Fsp3) is 0.438. The molecule has 1 aromatic rings. The van der Waals surface area contributed by atoms with Gasteiger partial charge in [-0.3, -0.25) is 9.59 Å². The van der Waals surface area contributed by atoms with E-state index in [2.05, 4.69) is 10.6 Å². The molecule has 0 saturated carbocycles. The number of nitrogens with zero attached hydrogens (tertiary/aromatic N) is 1. The van der Waals surface area contributed by atoms with Crippen LogP contribution in [0.5, 0.6) is 0 Å². The number of alkyl carbamates (subject to hydrolysis) is 1. The number of hydrogen-bond acceptors (Lipinski definition) is 4. The quantitative estimate of drug-likeness (QED) is 0.849. The lowest BCUT2D eigenvalue weighted by Crippen LogP contribution is -2.42. The average Bonchev–Trinajstić information content (AvgIpc) is 3.09. The fourth-order valence-electron chi connectivity index (χ4n) is 3.14. The number of carbonyl (C=O) groups is 3. The van der Waals surface area contributed by atoms with Crippen molar-refractivity contribution in [2.75, 3.05) is 20.2 Å². The molecule has 2 aliphatic heterocycles. The van der Waals surface area contributed by atoms with Gasteiger partial charge in [-0.05, 0) is 17.7 Å². The molecule has 0 bridgehead atoms. The van der Waals surface area contributed by atoms with Gasteiger partial charge in [0.1, 0.15) is 6.61 Å². The SMILES string of the molecule is CN1C(=O)C[C@H](C(=O)NC[C@@H]2COC(=O)N2)[C@H]1c1cccc(Cl)c1. The van der Waals surface area contributed by atoms with Crippen LogP contribution in [0.2, 0.25) is 5.02 Å². The molecule has 2 heterocycles. The van der Waals surface area contributed by atoms with E-state index in [9.17, 15) is 14.4 Å². The van der Waals surface area contributed by atoms with Crippen LogP contribution in [0.3, 0.4) is 0 Å². The van der Waals surface area contributed by atoms with Crippen molar-refractivity contribution >= 4 is 29.5 Å². The maximum Gasteiger partial charge on any atom is 0.407 e. The first-order chi connectivity index (χ1) is 11.5. The highest BCUT2D eigenvalue weighted by Crippen LogP contribution is 2.37. The van der Waals surface area contributed by atoms with E-state index in [0.29, 0.717) is 5.02 Å². The third-order valence-electron chi connectivity index (χ3n) is 4.37. The van der Waals surface area contributed by atoms with Gasteiger partial charge in [-0.2, -0.15) is 0 Å². The number of halogens is 1. The third kappa shape index (κ3) is 3.31. The van der Waals surface area contributed by atoms with Crippen molar-refractivity contribution in [1.29, 1.82) is 0 Å². The summed E-state index contributed by atoms with van der Waals surface area (Å²) in [6.45, 7) is 0.488. The van der Waals surface area contributed by atoms with E-state index in [-0.39, 0.29) is 43.5 Å². The van der Waals surface area contributed by atoms with Gasteiger partial charge >= 0.3 is 6.09 Å². The van der Waals surface area contributed by atoms with Crippen molar-refractivity contribution < 1.29 is 19.1 Å². The van der Waals surface area contributed by atoms with Crippen LogP contribution in [-0.4, -0.2) is 49.0 Å². The Kier molecular flexibility index (Phi) is 4.62. The number of benzene rings is 1. The highest BCUT2D eigenvalue weighted by molar-refractivity contribution is 6.30. The molecule has 2 N–H and O–H groups in total.